The molecule has 2 aliphatic rings. The van der Waals surface area contributed by atoms with Crippen LogP contribution in [0.1, 0.15) is 33.4 Å². The van der Waals surface area contributed by atoms with Crippen molar-refractivity contribution in [2.45, 2.75) is 11.8 Å². The predicted octanol–water partition coefficient (Wildman–Crippen LogP) is 8.24. The third-order valence-corrected chi connectivity index (χ3v) is 8.25. The smallest absolute Gasteiger partial charge is 0.0725 e. The first-order chi connectivity index (χ1) is 18.2. The van der Waals surface area contributed by atoms with E-state index >= 15 is 0 Å². The fraction of sp³-hybridized carbons (Fsp3) is 0.111. The van der Waals surface area contributed by atoms with E-state index in [-0.39, 0.29) is 5.41 Å². The highest BCUT2D eigenvalue weighted by molar-refractivity contribution is 5.94. The lowest BCUT2D eigenvalue weighted by atomic mass is 9.70. The Morgan fingerprint density at radius 1 is 0.595 bits per heavy atom. The van der Waals surface area contributed by atoms with Crippen LogP contribution in [-0.4, -0.2) is 13.6 Å². The summed E-state index contributed by atoms with van der Waals surface area (Å²) in [7, 11) is 2.10. The van der Waals surface area contributed by atoms with Gasteiger partial charge in [-0.2, -0.15) is 0 Å². The molecule has 0 aliphatic heterocycles. The molecule has 0 bridgehead atoms. The molecular weight excluding hydrogens is 446 g/mol. The summed E-state index contributed by atoms with van der Waals surface area (Å²) in [5.41, 5.74) is 14.6. The zero-order valence-electron chi connectivity index (χ0n) is 21.1. The lowest BCUT2D eigenvalue weighted by Crippen LogP contribution is -2.26. The van der Waals surface area contributed by atoms with Gasteiger partial charge in [0.1, 0.15) is 0 Å². The fourth-order valence-corrected chi connectivity index (χ4v) is 6.66. The summed E-state index contributed by atoms with van der Waals surface area (Å²) < 4.78 is 0. The minimum Gasteiger partial charge on any atom is -0.371 e. The van der Waals surface area contributed by atoms with E-state index in [2.05, 4.69) is 134 Å². The van der Waals surface area contributed by atoms with E-state index in [4.69, 9.17) is 0 Å². The second-order valence-corrected chi connectivity index (χ2v) is 10.3. The van der Waals surface area contributed by atoms with Gasteiger partial charge in [0.05, 0.1) is 5.41 Å². The van der Waals surface area contributed by atoms with Gasteiger partial charge in [-0.15, -0.1) is 6.58 Å². The molecule has 0 amide bonds. The van der Waals surface area contributed by atoms with Gasteiger partial charge in [0.25, 0.3) is 0 Å². The molecule has 1 nitrogen and oxygen atoms in total. The van der Waals surface area contributed by atoms with Gasteiger partial charge < -0.3 is 4.90 Å². The summed E-state index contributed by atoms with van der Waals surface area (Å²) in [5, 5.41) is 0. The molecule has 0 atom stereocenters. The standard InChI is InChI=1S/C36H29N/c1-3-22-37(2)27-19-16-25(17-20-27)23-26-18-21-31-30-12-6-9-15-34(30)36(35(31)24-26)32-13-7-4-10-28(32)29-11-5-8-14-33(29)36/h3-21,24H,1,22-23H2,2H3. The van der Waals surface area contributed by atoms with Crippen LogP contribution in [0.25, 0.3) is 22.3 Å². The molecule has 2 aliphatic carbocycles. The maximum Gasteiger partial charge on any atom is 0.0725 e. The Labute approximate surface area is 219 Å². The predicted molar refractivity (Wildman–Crippen MR) is 155 cm³/mol. The van der Waals surface area contributed by atoms with E-state index in [0.717, 1.165) is 13.0 Å². The summed E-state index contributed by atoms with van der Waals surface area (Å²) in [5.74, 6) is 0. The first kappa shape index (κ1) is 21.9. The van der Waals surface area contributed by atoms with Crippen molar-refractivity contribution in [2.75, 3.05) is 18.5 Å². The van der Waals surface area contributed by atoms with Crippen LogP contribution >= 0.6 is 0 Å². The molecule has 0 unspecified atom stereocenters. The molecule has 0 radical (unpaired) electrons. The van der Waals surface area contributed by atoms with Gasteiger partial charge in [0.2, 0.25) is 0 Å². The molecule has 1 spiro atoms. The molecule has 0 saturated heterocycles. The number of anilines is 1. The van der Waals surface area contributed by atoms with Crippen LogP contribution in [0.4, 0.5) is 5.69 Å². The molecule has 0 heterocycles. The molecule has 37 heavy (non-hydrogen) atoms. The minimum atomic E-state index is -0.271. The van der Waals surface area contributed by atoms with E-state index in [1.54, 1.807) is 0 Å². The van der Waals surface area contributed by atoms with Gasteiger partial charge >= 0.3 is 0 Å². The van der Waals surface area contributed by atoms with Crippen molar-refractivity contribution in [2.24, 2.45) is 0 Å². The Morgan fingerprint density at radius 3 is 1.62 bits per heavy atom. The van der Waals surface area contributed by atoms with Gasteiger partial charge in [-0.05, 0) is 74.2 Å². The van der Waals surface area contributed by atoms with E-state index in [9.17, 15) is 0 Å². The summed E-state index contributed by atoms with van der Waals surface area (Å²) >= 11 is 0. The molecule has 0 aromatic heterocycles. The second-order valence-electron chi connectivity index (χ2n) is 10.3. The normalized spacial score (nSPS) is 13.5. The number of rotatable bonds is 5. The first-order valence-electron chi connectivity index (χ1n) is 13.1. The molecule has 178 valence electrons. The van der Waals surface area contributed by atoms with Crippen LogP contribution in [0.15, 0.2) is 128 Å². The van der Waals surface area contributed by atoms with E-state index in [1.807, 2.05) is 6.08 Å². The van der Waals surface area contributed by atoms with Crippen molar-refractivity contribution in [3.63, 3.8) is 0 Å². The van der Waals surface area contributed by atoms with Crippen LogP contribution in [0.3, 0.4) is 0 Å². The molecule has 0 N–H and O–H groups in total. The molecule has 0 fully saturated rings. The number of fused-ring (bicyclic) bond motifs is 10. The van der Waals surface area contributed by atoms with E-state index in [1.165, 1.54) is 61.3 Å². The number of hydrogen-bond acceptors (Lipinski definition) is 1. The lowest BCUT2D eigenvalue weighted by molar-refractivity contribution is 0.792. The highest BCUT2D eigenvalue weighted by Crippen LogP contribution is 2.62. The topological polar surface area (TPSA) is 3.24 Å². The highest BCUT2D eigenvalue weighted by atomic mass is 15.1. The zero-order valence-corrected chi connectivity index (χ0v) is 21.1. The van der Waals surface area contributed by atoms with Gasteiger partial charge in [0.15, 0.2) is 0 Å². The van der Waals surface area contributed by atoms with E-state index in [0.29, 0.717) is 0 Å². The van der Waals surface area contributed by atoms with Gasteiger partial charge in [-0.25, -0.2) is 0 Å². The van der Waals surface area contributed by atoms with Crippen molar-refractivity contribution in [3.05, 3.63) is 161 Å². The third kappa shape index (κ3) is 3.10. The van der Waals surface area contributed by atoms with Crippen molar-refractivity contribution in [1.29, 1.82) is 0 Å². The van der Waals surface area contributed by atoms with Crippen molar-refractivity contribution in [1.82, 2.24) is 0 Å². The lowest BCUT2D eigenvalue weighted by Gasteiger charge is -2.30. The monoisotopic (exact) mass is 475 g/mol. The van der Waals surface area contributed by atoms with Crippen molar-refractivity contribution >= 4 is 5.69 Å². The van der Waals surface area contributed by atoms with Gasteiger partial charge in [0, 0.05) is 19.3 Å². The van der Waals surface area contributed by atoms with Crippen LogP contribution < -0.4 is 4.90 Å². The summed E-state index contributed by atoms with van der Waals surface area (Å²) in [6.45, 7) is 4.70. The SMILES string of the molecule is C=CCN(C)c1ccc(Cc2ccc3c(c2)C2(c4ccccc4-c4ccccc42)c2ccccc2-3)cc1. The summed E-state index contributed by atoms with van der Waals surface area (Å²) in [6.07, 6.45) is 2.85. The largest absolute Gasteiger partial charge is 0.371 e. The molecule has 7 rings (SSSR count). The van der Waals surface area contributed by atoms with Crippen LogP contribution in [0, 0.1) is 0 Å². The zero-order chi connectivity index (χ0) is 25.0. The van der Waals surface area contributed by atoms with Crippen molar-refractivity contribution in [3.8, 4) is 22.3 Å². The number of nitrogens with zero attached hydrogens (tertiary/aromatic N) is 1. The Morgan fingerprint density at radius 2 is 1.08 bits per heavy atom. The van der Waals surface area contributed by atoms with Crippen LogP contribution in [-0.2, 0) is 11.8 Å². The average Bonchev–Trinajstić information content (AvgIpc) is 3.41. The third-order valence-electron chi connectivity index (χ3n) is 8.25. The fourth-order valence-electron chi connectivity index (χ4n) is 6.66. The summed E-state index contributed by atoms with van der Waals surface area (Å²) in [4.78, 5) is 2.21. The molecule has 1 heteroatoms. The number of benzene rings is 5. The second kappa shape index (κ2) is 8.35. The Bertz CT molecular complexity index is 1590. The van der Waals surface area contributed by atoms with Crippen molar-refractivity contribution < 1.29 is 0 Å². The number of likely N-dealkylation sites (N-methyl/N-ethyl adjacent to an activating group) is 1. The average molecular weight is 476 g/mol. The van der Waals surface area contributed by atoms with Gasteiger partial charge in [-0.3, -0.25) is 0 Å². The molecule has 5 aromatic rings. The van der Waals surface area contributed by atoms with Gasteiger partial charge in [-0.1, -0.05) is 109 Å². The molecule has 5 aromatic carbocycles. The Hall–Kier alpha value is -4.36. The molecular formula is C36H29N. The molecule has 0 saturated carbocycles. The first-order valence-corrected chi connectivity index (χ1v) is 13.1. The number of hydrogen-bond donors (Lipinski definition) is 0. The quantitative estimate of drug-likeness (QED) is 0.227. The maximum atomic E-state index is 3.86. The van der Waals surface area contributed by atoms with E-state index < -0.39 is 0 Å². The highest BCUT2D eigenvalue weighted by Gasteiger charge is 2.51. The minimum absolute atomic E-state index is 0.271. The summed E-state index contributed by atoms with van der Waals surface area (Å²) in [6, 6.07) is 43.1. The van der Waals surface area contributed by atoms with Crippen LogP contribution in [0.5, 0.6) is 0 Å². The Balaban J connectivity index is 1.39. The Kier molecular flexibility index (Phi) is 4.94. The maximum absolute atomic E-state index is 3.86. The van der Waals surface area contributed by atoms with Crippen LogP contribution in [0.2, 0.25) is 0 Å².